The molecule has 106 valence electrons. The lowest BCUT2D eigenvalue weighted by Crippen LogP contribution is -2.30. The number of carbonyl (C=O) groups excluding carboxylic acids is 2. The first-order valence-electron chi connectivity index (χ1n) is 6.06. The third-order valence-electron chi connectivity index (χ3n) is 3.29. The molecule has 0 aromatic heterocycles. The van der Waals surface area contributed by atoms with Gasteiger partial charge in [0.15, 0.2) is 0 Å². The molecule has 0 radical (unpaired) electrons. The van der Waals surface area contributed by atoms with E-state index in [1.54, 1.807) is 12.1 Å². The molecular formula is C15H8Cl2FNO2. The van der Waals surface area contributed by atoms with Crippen molar-refractivity contribution in [3.8, 4) is 0 Å². The van der Waals surface area contributed by atoms with Crippen LogP contribution in [0.25, 0.3) is 0 Å². The van der Waals surface area contributed by atoms with Gasteiger partial charge in [-0.25, -0.2) is 9.29 Å². The quantitative estimate of drug-likeness (QED) is 0.618. The standard InChI is InChI=1S/C15H8Cl2FNO2/c16-7-8-5-13(12(18)6-11(8)17)19-14(20)9-3-1-2-4-10(9)15(19)21/h1-6H,7H2. The van der Waals surface area contributed by atoms with Crippen LogP contribution in [0.1, 0.15) is 26.3 Å². The van der Waals surface area contributed by atoms with Gasteiger partial charge in [-0.2, -0.15) is 0 Å². The summed E-state index contributed by atoms with van der Waals surface area (Å²) in [5, 5.41) is 0.155. The SMILES string of the molecule is O=C1c2ccccc2C(=O)N1c1cc(CCl)c(Cl)cc1F. The van der Waals surface area contributed by atoms with Crippen LogP contribution in [0.2, 0.25) is 5.02 Å². The lowest BCUT2D eigenvalue weighted by Gasteiger charge is -2.16. The molecule has 6 heteroatoms. The largest absolute Gasteiger partial charge is 0.268 e. The Hall–Kier alpha value is -1.91. The molecule has 3 nitrogen and oxygen atoms in total. The summed E-state index contributed by atoms with van der Waals surface area (Å²) in [6, 6.07) is 8.74. The molecule has 0 unspecified atom stereocenters. The highest BCUT2D eigenvalue weighted by Gasteiger charge is 2.37. The van der Waals surface area contributed by atoms with Gasteiger partial charge in [0.2, 0.25) is 0 Å². The first-order valence-corrected chi connectivity index (χ1v) is 6.97. The molecule has 0 bridgehead atoms. The molecule has 0 N–H and O–H groups in total. The predicted octanol–water partition coefficient (Wildman–Crippen LogP) is 4.02. The van der Waals surface area contributed by atoms with Gasteiger partial charge in [-0.15, -0.1) is 11.6 Å². The Morgan fingerprint density at radius 2 is 1.62 bits per heavy atom. The Bertz CT molecular complexity index is 741. The monoisotopic (exact) mass is 323 g/mol. The zero-order valence-corrected chi connectivity index (χ0v) is 12.1. The molecule has 0 saturated heterocycles. The van der Waals surface area contributed by atoms with E-state index in [9.17, 15) is 14.0 Å². The Balaban J connectivity index is 2.15. The smallest absolute Gasteiger partial charge is 0.266 e. The number of fused-ring (bicyclic) bond motifs is 1. The van der Waals surface area contributed by atoms with Crippen LogP contribution < -0.4 is 4.90 Å². The number of anilines is 1. The van der Waals surface area contributed by atoms with Crippen molar-refractivity contribution in [1.29, 1.82) is 0 Å². The number of hydrogen-bond acceptors (Lipinski definition) is 2. The van der Waals surface area contributed by atoms with Gasteiger partial charge >= 0.3 is 0 Å². The molecule has 1 aliphatic heterocycles. The third kappa shape index (κ3) is 2.11. The number of imide groups is 1. The Morgan fingerprint density at radius 1 is 1.05 bits per heavy atom. The zero-order chi connectivity index (χ0) is 15.1. The van der Waals surface area contributed by atoms with Crippen molar-refractivity contribution in [1.82, 2.24) is 0 Å². The molecule has 0 saturated carbocycles. The van der Waals surface area contributed by atoms with Crippen LogP contribution in [0.5, 0.6) is 0 Å². The summed E-state index contributed by atoms with van der Waals surface area (Å²) >= 11 is 11.6. The van der Waals surface area contributed by atoms with Crippen LogP contribution in [0, 0.1) is 5.82 Å². The molecule has 2 aromatic rings. The number of alkyl halides is 1. The molecular weight excluding hydrogens is 316 g/mol. The van der Waals surface area contributed by atoms with E-state index in [0.29, 0.717) is 5.56 Å². The van der Waals surface area contributed by atoms with Crippen molar-refractivity contribution >= 4 is 40.7 Å². The van der Waals surface area contributed by atoms with Crippen LogP contribution in [-0.2, 0) is 5.88 Å². The molecule has 1 heterocycles. The Morgan fingerprint density at radius 3 is 2.14 bits per heavy atom. The summed E-state index contributed by atoms with van der Waals surface area (Å²) in [5.74, 6) is -1.81. The van der Waals surface area contributed by atoms with Crippen LogP contribution in [0.15, 0.2) is 36.4 Å². The van der Waals surface area contributed by atoms with Gasteiger partial charge in [0.25, 0.3) is 11.8 Å². The maximum atomic E-state index is 14.1. The van der Waals surface area contributed by atoms with Gasteiger partial charge in [-0.3, -0.25) is 9.59 Å². The van der Waals surface area contributed by atoms with E-state index in [1.165, 1.54) is 18.2 Å². The fourth-order valence-corrected chi connectivity index (χ4v) is 2.77. The fraction of sp³-hybridized carbons (Fsp3) is 0.0667. The lowest BCUT2D eigenvalue weighted by atomic mass is 10.1. The normalized spacial score (nSPS) is 13.8. The van der Waals surface area contributed by atoms with Crippen LogP contribution in [-0.4, -0.2) is 11.8 Å². The molecule has 0 spiro atoms. The van der Waals surface area contributed by atoms with E-state index in [1.807, 2.05) is 0 Å². The molecule has 1 aliphatic rings. The first-order chi connectivity index (χ1) is 10.0. The maximum Gasteiger partial charge on any atom is 0.266 e. The van der Waals surface area contributed by atoms with Gasteiger partial charge < -0.3 is 0 Å². The summed E-state index contributed by atoms with van der Waals surface area (Å²) in [6.45, 7) is 0. The van der Waals surface area contributed by atoms with Crippen LogP contribution >= 0.6 is 23.2 Å². The highest BCUT2D eigenvalue weighted by Crippen LogP contribution is 2.33. The summed E-state index contributed by atoms with van der Waals surface area (Å²) < 4.78 is 14.1. The molecule has 0 fully saturated rings. The van der Waals surface area contributed by atoms with Gasteiger partial charge in [-0.05, 0) is 29.8 Å². The van der Waals surface area contributed by atoms with E-state index in [-0.39, 0.29) is 27.7 Å². The van der Waals surface area contributed by atoms with Crippen LogP contribution in [0.4, 0.5) is 10.1 Å². The zero-order valence-electron chi connectivity index (χ0n) is 10.6. The number of carbonyl (C=O) groups is 2. The number of halogens is 3. The van der Waals surface area contributed by atoms with E-state index in [2.05, 4.69) is 0 Å². The number of benzene rings is 2. The van der Waals surface area contributed by atoms with Gasteiger partial charge in [0.05, 0.1) is 16.8 Å². The van der Waals surface area contributed by atoms with Crippen molar-refractivity contribution in [2.75, 3.05) is 4.90 Å². The van der Waals surface area contributed by atoms with E-state index in [4.69, 9.17) is 23.2 Å². The average molecular weight is 324 g/mol. The summed E-state index contributed by atoms with van der Waals surface area (Å²) in [4.78, 5) is 25.4. The van der Waals surface area contributed by atoms with Gasteiger partial charge in [-0.1, -0.05) is 23.7 Å². The predicted molar refractivity (Wildman–Crippen MR) is 78.5 cm³/mol. The van der Waals surface area contributed by atoms with Gasteiger partial charge in [0.1, 0.15) is 5.82 Å². The summed E-state index contributed by atoms with van der Waals surface area (Å²) in [7, 11) is 0. The topological polar surface area (TPSA) is 37.4 Å². The fourth-order valence-electron chi connectivity index (χ4n) is 2.26. The summed E-state index contributed by atoms with van der Waals surface area (Å²) in [6.07, 6.45) is 0. The average Bonchev–Trinajstić information content (AvgIpc) is 2.72. The minimum atomic E-state index is -0.747. The van der Waals surface area contributed by atoms with Gasteiger partial charge in [0, 0.05) is 10.9 Å². The van der Waals surface area contributed by atoms with E-state index in [0.717, 1.165) is 11.0 Å². The highest BCUT2D eigenvalue weighted by molar-refractivity contribution is 6.35. The molecule has 3 rings (SSSR count). The van der Waals surface area contributed by atoms with Crippen molar-refractivity contribution in [3.05, 3.63) is 63.9 Å². The number of amides is 2. The van der Waals surface area contributed by atoms with Crippen molar-refractivity contribution in [2.24, 2.45) is 0 Å². The van der Waals surface area contributed by atoms with Crippen molar-refractivity contribution in [3.63, 3.8) is 0 Å². The molecule has 21 heavy (non-hydrogen) atoms. The lowest BCUT2D eigenvalue weighted by molar-refractivity contribution is 0.0925. The van der Waals surface area contributed by atoms with Crippen molar-refractivity contribution < 1.29 is 14.0 Å². The highest BCUT2D eigenvalue weighted by atomic mass is 35.5. The van der Waals surface area contributed by atoms with Crippen molar-refractivity contribution in [2.45, 2.75) is 5.88 Å². The third-order valence-corrected chi connectivity index (χ3v) is 3.93. The number of nitrogens with zero attached hydrogens (tertiary/aromatic N) is 1. The Kier molecular flexibility index (Phi) is 3.43. The minimum Gasteiger partial charge on any atom is -0.268 e. The Labute approximate surface area is 129 Å². The second-order valence-corrected chi connectivity index (χ2v) is 5.19. The number of rotatable bonds is 2. The second kappa shape index (κ2) is 5.13. The molecule has 0 aliphatic carbocycles. The summed E-state index contributed by atoms with van der Waals surface area (Å²) in [5.41, 5.74) is 0.820. The first kappa shape index (κ1) is 14.0. The van der Waals surface area contributed by atoms with E-state index < -0.39 is 17.6 Å². The van der Waals surface area contributed by atoms with E-state index >= 15 is 0 Å². The molecule has 2 aromatic carbocycles. The maximum absolute atomic E-state index is 14.1. The minimum absolute atomic E-state index is 0.0509. The number of hydrogen-bond donors (Lipinski definition) is 0. The van der Waals surface area contributed by atoms with Crippen LogP contribution in [0.3, 0.4) is 0 Å². The molecule has 2 amide bonds. The second-order valence-electron chi connectivity index (χ2n) is 4.52. The molecule has 0 atom stereocenters.